The number of halogens is 1. The van der Waals surface area contributed by atoms with E-state index in [1.54, 1.807) is 0 Å². The molecule has 1 atom stereocenters. The summed E-state index contributed by atoms with van der Waals surface area (Å²) in [6, 6.07) is 5.73. The monoisotopic (exact) mass is 275 g/mol. The van der Waals surface area contributed by atoms with Gasteiger partial charge >= 0.3 is 0 Å². The van der Waals surface area contributed by atoms with Crippen LogP contribution in [0.4, 0.5) is 4.39 Å². The first-order valence-electron chi connectivity index (χ1n) is 7.29. The lowest BCUT2D eigenvalue weighted by Gasteiger charge is -2.31. The van der Waals surface area contributed by atoms with Crippen molar-refractivity contribution in [3.8, 4) is 0 Å². The highest BCUT2D eigenvalue weighted by molar-refractivity contribution is 5.76. The predicted octanol–water partition coefficient (Wildman–Crippen LogP) is 2.39. The molecule has 4 rings (SSSR count). The summed E-state index contributed by atoms with van der Waals surface area (Å²) in [5.41, 5.74) is 1.73. The molecule has 0 saturated heterocycles. The van der Waals surface area contributed by atoms with Gasteiger partial charge in [-0.1, -0.05) is 6.42 Å². The maximum atomic E-state index is 13.3. The average molecular weight is 275 g/mol. The molecule has 1 fully saturated rings. The second kappa shape index (κ2) is 4.82. The topological polar surface area (TPSA) is 39.1 Å². The number of hydrogen-bond acceptors (Lipinski definition) is 3. The Morgan fingerprint density at radius 2 is 2.30 bits per heavy atom. The first kappa shape index (κ1) is 12.3. The van der Waals surface area contributed by atoms with E-state index in [9.17, 15) is 4.39 Å². The molecule has 2 heterocycles. The van der Waals surface area contributed by atoms with Crippen molar-refractivity contribution in [1.29, 1.82) is 0 Å². The number of ether oxygens (including phenoxy) is 1. The van der Waals surface area contributed by atoms with Gasteiger partial charge in [-0.3, -0.25) is 0 Å². The number of benzene rings is 1. The molecule has 0 radical (unpaired) electrons. The number of imidazole rings is 1. The van der Waals surface area contributed by atoms with Crippen molar-refractivity contribution < 1.29 is 9.13 Å². The zero-order valence-corrected chi connectivity index (χ0v) is 11.3. The van der Waals surface area contributed by atoms with Gasteiger partial charge in [0.15, 0.2) is 0 Å². The third-order valence-corrected chi connectivity index (χ3v) is 4.38. The predicted molar refractivity (Wildman–Crippen MR) is 74.0 cm³/mol. The van der Waals surface area contributed by atoms with E-state index in [-0.39, 0.29) is 11.9 Å². The lowest BCUT2D eigenvalue weighted by atomic mass is 9.93. The molecule has 2 aromatic rings. The third-order valence-electron chi connectivity index (χ3n) is 4.38. The number of hydrogen-bond donors (Lipinski definition) is 1. The fraction of sp³-hybridized carbons (Fsp3) is 0.533. The van der Waals surface area contributed by atoms with Gasteiger partial charge in [-0.15, -0.1) is 0 Å². The van der Waals surface area contributed by atoms with Crippen LogP contribution in [0.1, 0.15) is 31.1 Å². The van der Waals surface area contributed by atoms with E-state index in [0.29, 0.717) is 19.3 Å². The van der Waals surface area contributed by atoms with Crippen LogP contribution in [-0.4, -0.2) is 28.7 Å². The van der Waals surface area contributed by atoms with E-state index in [4.69, 9.17) is 4.74 Å². The van der Waals surface area contributed by atoms with Crippen LogP contribution < -0.4 is 5.32 Å². The quantitative estimate of drug-likeness (QED) is 0.935. The van der Waals surface area contributed by atoms with Crippen LogP contribution >= 0.6 is 0 Å². The minimum absolute atomic E-state index is 0.238. The van der Waals surface area contributed by atoms with Crippen LogP contribution in [0.2, 0.25) is 0 Å². The fourth-order valence-corrected chi connectivity index (χ4v) is 3.06. The van der Waals surface area contributed by atoms with Crippen molar-refractivity contribution in [1.82, 2.24) is 14.9 Å². The Kier molecular flexibility index (Phi) is 2.97. The van der Waals surface area contributed by atoms with Gasteiger partial charge in [0.25, 0.3) is 0 Å². The molecule has 0 amide bonds. The molecular formula is C15H18FN3O. The molecule has 20 heavy (non-hydrogen) atoms. The van der Waals surface area contributed by atoms with Crippen molar-refractivity contribution in [3.05, 3.63) is 29.8 Å². The van der Waals surface area contributed by atoms with Gasteiger partial charge in [0.1, 0.15) is 18.2 Å². The molecule has 1 N–H and O–H groups in total. The van der Waals surface area contributed by atoms with Crippen LogP contribution in [0.5, 0.6) is 0 Å². The van der Waals surface area contributed by atoms with Crippen molar-refractivity contribution in [2.24, 2.45) is 0 Å². The van der Waals surface area contributed by atoms with E-state index in [0.717, 1.165) is 23.4 Å². The summed E-state index contributed by atoms with van der Waals surface area (Å²) < 4.78 is 21.2. The molecule has 5 heteroatoms. The molecule has 4 nitrogen and oxygen atoms in total. The summed E-state index contributed by atoms with van der Waals surface area (Å²) in [5, 5.41) is 3.59. The Balaban J connectivity index is 1.65. The molecule has 0 bridgehead atoms. The number of fused-ring (bicyclic) bond motifs is 3. The molecule has 2 aliphatic rings. The average Bonchev–Trinajstić information content (AvgIpc) is 2.74. The molecule has 1 aliphatic carbocycles. The highest BCUT2D eigenvalue weighted by Gasteiger charge is 2.25. The van der Waals surface area contributed by atoms with E-state index >= 15 is 0 Å². The molecule has 1 aromatic heterocycles. The van der Waals surface area contributed by atoms with Gasteiger partial charge in [-0.05, 0) is 25.0 Å². The van der Waals surface area contributed by atoms with Crippen LogP contribution in [0.3, 0.4) is 0 Å². The zero-order chi connectivity index (χ0) is 13.5. The molecule has 1 aliphatic heterocycles. The fourth-order valence-electron chi connectivity index (χ4n) is 3.06. The Labute approximate surface area is 116 Å². The maximum Gasteiger partial charge on any atom is 0.136 e. The SMILES string of the molecule is Fc1ccc2c(c1)nc1n2C(CNC2CCC2)COC1. The Morgan fingerprint density at radius 3 is 3.10 bits per heavy atom. The lowest BCUT2D eigenvalue weighted by molar-refractivity contribution is 0.0546. The molecule has 1 aromatic carbocycles. The smallest absolute Gasteiger partial charge is 0.136 e. The van der Waals surface area contributed by atoms with Crippen LogP contribution in [-0.2, 0) is 11.3 Å². The first-order valence-corrected chi connectivity index (χ1v) is 7.29. The van der Waals surface area contributed by atoms with E-state index < -0.39 is 0 Å². The number of nitrogens with zero attached hydrogens (tertiary/aromatic N) is 2. The minimum atomic E-state index is -0.238. The Morgan fingerprint density at radius 1 is 1.40 bits per heavy atom. The van der Waals surface area contributed by atoms with Crippen molar-refractivity contribution >= 4 is 11.0 Å². The highest BCUT2D eigenvalue weighted by Crippen LogP contribution is 2.27. The molecule has 1 unspecified atom stereocenters. The summed E-state index contributed by atoms with van der Waals surface area (Å²) in [6.07, 6.45) is 3.88. The zero-order valence-electron chi connectivity index (χ0n) is 11.3. The van der Waals surface area contributed by atoms with E-state index in [1.165, 1.54) is 31.4 Å². The lowest BCUT2D eigenvalue weighted by Crippen LogP contribution is -2.41. The number of nitrogens with one attached hydrogen (secondary N) is 1. The van der Waals surface area contributed by atoms with Crippen molar-refractivity contribution in [2.75, 3.05) is 13.2 Å². The van der Waals surface area contributed by atoms with Gasteiger partial charge in [-0.2, -0.15) is 0 Å². The van der Waals surface area contributed by atoms with Gasteiger partial charge in [0.2, 0.25) is 0 Å². The molecule has 1 saturated carbocycles. The third kappa shape index (κ3) is 2.01. The molecular weight excluding hydrogens is 257 g/mol. The van der Waals surface area contributed by atoms with Crippen molar-refractivity contribution in [2.45, 2.75) is 38.0 Å². The van der Waals surface area contributed by atoms with E-state index in [1.807, 2.05) is 6.07 Å². The molecule has 0 spiro atoms. The highest BCUT2D eigenvalue weighted by atomic mass is 19.1. The second-order valence-corrected chi connectivity index (χ2v) is 5.74. The summed E-state index contributed by atoms with van der Waals surface area (Å²) in [7, 11) is 0. The van der Waals surface area contributed by atoms with Gasteiger partial charge in [0, 0.05) is 18.7 Å². The van der Waals surface area contributed by atoms with Gasteiger partial charge in [0.05, 0.1) is 23.7 Å². The standard InChI is InChI=1S/C15H18FN3O/c16-10-4-5-14-13(6-10)18-15-9-20-8-12(19(14)15)7-17-11-2-1-3-11/h4-6,11-12,17H,1-3,7-9H2. The maximum absolute atomic E-state index is 13.3. The second-order valence-electron chi connectivity index (χ2n) is 5.74. The Bertz CT molecular complexity index is 635. The Hall–Kier alpha value is -1.46. The van der Waals surface area contributed by atoms with Crippen LogP contribution in [0, 0.1) is 5.82 Å². The summed E-state index contributed by atoms with van der Waals surface area (Å²) in [6.45, 7) is 2.09. The van der Waals surface area contributed by atoms with Crippen molar-refractivity contribution in [3.63, 3.8) is 0 Å². The van der Waals surface area contributed by atoms with Gasteiger partial charge < -0.3 is 14.6 Å². The van der Waals surface area contributed by atoms with Crippen LogP contribution in [0.15, 0.2) is 18.2 Å². The largest absolute Gasteiger partial charge is 0.371 e. The van der Waals surface area contributed by atoms with E-state index in [2.05, 4.69) is 14.9 Å². The van der Waals surface area contributed by atoms with Crippen LogP contribution in [0.25, 0.3) is 11.0 Å². The molecule has 106 valence electrons. The first-order chi connectivity index (χ1) is 9.81. The number of aromatic nitrogens is 2. The summed E-state index contributed by atoms with van der Waals surface area (Å²) in [4.78, 5) is 4.50. The summed E-state index contributed by atoms with van der Waals surface area (Å²) in [5.74, 6) is 0.662. The normalized spacial score (nSPS) is 22.8. The number of rotatable bonds is 3. The summed E-state index contributed by atoms with van der Waals surface area (Å²) >= 11 is 0. The van der Waals surface area contributed by atoms with Gasteiger partial charge in [-0.25, -0.2) is 9.37 Å². The minimum Gasteiger partial charge on any atom is -0.371 e.